The van der Waals surface area contributed by atoms with Crippen LogP contribution in [0.4, 0.5) is 0 Å². The molecule has 1 fully saturated rings. The summed E-state index contributed by atoms with van der Waals surface area (Å²) in [6, 6.07) is 0.199. The fourth-order valence-corrected chi connectivity index (χ4v) is 1.16. The first-order chi connectivity index (χ1) is 5.88. The maximum absolute atomic E-state index is 11.3. The van der Waals surface area contributed by atoms with Crippen LogP contribution in [0.15, 0.2) is 0 Å². The number of hydrogen-bond donors (Lipinski definition) is 2. The van der Waals surface area contributed by atoms with Crippen LogP contribution in [0.1, 0.15) is 33.6 Å². The molecule has 1 rings (SSSR count). The summed E-state index contributed by atoms with van der Waals surface area (Å²) in [6.07, 6.45) is 1.55. The van der Waals surface area contributed by atoms with E-state index in [1.54, 1.807) is 0 Å². The van der Waals surface area contributed by atoms with E-state index in [0.717, 1.165) is 12.8 Å². The maximum Gasteiger partial charge on any atom is 0.246 e. The van der Waals surface area contributed by atoms with Crippen LogP contribution < -0.4 is 11.2 Å². The quantitative estimate of drug-likeness (QED) is 0.620. The molecule has 3 N–H and O–H groups in total. The van der Waals surface area contributed by atoms with Crippen molar-refractivity contribution in [3.05, 3.63) is 0 Å². The molecule has 0 aliphatic heterocycles. The van der Waals surface area contributed by atoms with Gasteiger partial charge in [-0.2, -0.15) is 0 Å². The van der Waals surface area contributed by atoms with Crippen molar-refractivity contribution in [3.8, 4) is 0 Å². The molecular formula is C9H18N2O2. The van der Waals surface area contributed by atoms with E-state index in [1.807, 2.05) is 20.8 Å². The second kappa shape index (κ2) is 3.64. The number of hydrogen-bond acceptors (Lipinski definition) is 3. The van der Waals surface area contributed by atoms with Gasteiger partial charge in [-0.3, -0.25) is 9.63 Å². The lowest BCUT2D eigenvalue weighted by atomic mass is 9.80. The second-order valence-corrected chi connectivity index (χ2v) is 4.61. The summed E-state index contributed by atoms with van der Waals surface area (Å²) < 4.78 is 0. The topological polar surface area (TPSA) is 64.3 Å². The Balaban J connectivity index is 2.19. The Labute approximate surface area is 78.8 Å². The Morgan fingerprint density at radius 3 is 2.38 bits per heavy atom. The lowest BCUT2D eigenvalue weighted by Gasteiger charge is -2.31. The number of carbonyl (C=O) groups is 1. The molecule has 0 aromatic carbocycles. The molecule has 0 aromatic rings. The van der Waals surface area contributed by atoms with Gasteiger partial charge in [-0.1, -0.05) is 0 Å². The minimum Gasteiger partial charge on any atom is -0.328 e. The first-order valence-corrected chi connectivity index (χ1v) is 4.62. The van der Waals surface area contributed by atoms with Crippen molar-refractivity contribution in [2.75, 3.05) is 0 Å². The SMILES string of the molecule is CC(C)(C)ONC(=O)C1CC(N)C1. The lowest BCUT2D eigenvalue weighted by molar-refractivity contribution is -0.152. The molecule has 0 bridgehead atoms. The summed E-state index contributed by atoms with van der Waals surface area (Å²) >= 11 is 0. The van der Waals surface area contributed by atoms with Crippen LogP contribution in [-0.2, 0) is 9.63 Å². The Bertz CT molecular complexity index is 192. The molecule has 0 unspecified atom stereocenters. The van der Waals surface area contributed by atoms with Crippen LogP contribution in [0, 0.1) is 5.92 Å². The zero-order valence-corrected chi connectivity index (χ0v) is 8.46. The Morgan fingerprint density at radius 2 is 2.00 bits per heavy atom. The van der Waals surface area contributed by atoms with E-state index >= 15 is 0 Å². The van der Waals surface area contributed by atoms with Gasteiger partial charge in [-0.15, -0.1) is 0 Å². The Kier molecular flexibility index (Phi) is 2.93. The van der Waals surface area contributed by atoms with E-state index in [9.17, 15) is 4.79 Å². The van der Waals surface area contributed by atoms with Crippen molar-refractivity contribution in [1.29, 1.82) is 0 Å². The number of nitrogens with two attached hydrogens (primary N) is 1. The van der Waals surface area contributed by atoms with Gasteiger partial charge in [0.05, 0.1) is 5.60 Å². The standard InChI is InChI=1S/C9H18N2O2/c1-9(2,3)13-11-8(12)6-4-7(10)5-6/h6-7H,4-5,10H2,1-3H3,(H,11,12). The van der Waals surface area contributed by atoms with Crippen molar-refractivity contribution in [3.63, 3.8) is 0 Å². The zero-order chi connectivity index (χ0) is 10.1. The van der Waals surface area contributed by atoms with Gasteiger partial charge in [0.1, 0.15) is 0 Å². The van der Waals surface area contributed by atoms with Crippen LogP contribution >= 0.6 is 0 Å². The minimum absolute atomic E-state index is 0.0448. The van der Waals surface area contributed by atoms with Crippen molar-refractivity contribution in [2.45, 2.75) is 45.3 Å². The number of amides is 1. The maximum atomic E-state index is 11.3. The third kappa shape index (κ3) is 3.32. The summed E-state index contributed by atoms with van der Waals surface area (Å²) in [5.74, 6) is 0.00831. The molecule has 0 heterocycles. The minimum atomic E-state index is -0.332. The molecule has 76 valence electrons. The normalized spacial score (nSPS) is 28.0. The predicted molar refractivity (Wildman–Crippen MR) is 49.7 cm³/mol. The highest BCUT2D eigenvalue weighted by Crippen LogP contribution is 2.25. The molecular weight excluding hydrogens is 168 g/mol. The monoisotopic (exact) mass is 186 g/mol. The number of rotatable bonds is 2. The molecule has 0 saturated heterocycles. The zero-order valence-electron chi connectivity index (χ0n) is 8.46. The van der Waals surface area contributed by atoms with Crippen molar-refractivity contribution in [2.24, 2.45) is 11.7 Å². The molecule has 1 aliphatic carbocycles. The largest absolute Gasteiger partial charge is 0.328 e. The Morgan fingerprint density at radius 1 is 1.46 bits per heavy atom. The van der Waals surface area contributed by atoms with Gasteiger partial charge in [0.2, 0.25) is 5.91 Å². The highest BCUT2D eigenvalue weighted by Gasteiger charge is 2.32. The molecule has 4 nitrogen and oxygen atoms in total. The fraction of sp³-hybridized carbons (Fsp3) is 0.889. The average molecular weight is 186 g/mol. The number of carbonyl (C=O) groups excluding carboxylic acids is 1. The smallest absolute Gasteiger partial charge is 0.246 e. The van der Waals surface area contributed by atoms with Crippen LogP contribution in [0.2, 0.25) is 0 Å². The van der Waals surface area contributed by atoms with Crippen LogP contribution in [0.5, 0.6) is 0 Å². The van der Waals surface area contributed by atoms with Crippen LogP contribution in [0.25, 0.3) is 0 Å². The van der Waals surface area contributed by atoms with Gasteiger partial charge in [0.25, 0.3) is 0 Å². The molecule has 13 heavy (non-hydrogen) atoms. The molecule has 1 aliphatic rings. The summed E-state index contributed by atoms with van der Waals surface area (Å²) in [6.45, 7) is 5.67. The predicted octanol–water partition coefficient (Wildman–Crippen LogP) is 0.570. The van der Waals surface area contributed by atoms with Gasteiger partial charge in [0, 0.05) is 12.0 Å². The first kappa shape index (κ1) is 10.5. The second-order valence-electron chi connectivity index (χ2n) is 4.61. The Hall–Kier alpha value is -0.610. The molecule has 1 saturated carbocycles. The molecule has 4 heteroatoms. The van der Waals surface area contributed by atoms with Gasteiger partial charge < -0.3 is 5.73 Å². The third-order valence-electron chi connectivity index (χ3n) is 2.00. The number of hydroxylamine groups is 1. The van der Waals surface area contributed by atoms with E-state index in [0.29, 0.717) is 0 Å². The highest BCUT2D eigenvalue weighted by molar-refractivity contribution is 5.78. The van der Waals surface area contributed by atoms with Gasteiger partial charge in [-0.25, -0.2) is 5.48 Å². The van der Waals surface area contributed by atoms with Crippen molar-refractivity contribution in [1.82, 2.24) is 5.48 Å². The molecule has 1 amide bonds. The van der Waals surface area contributed by atoms with E-state index in [2.05, 4.69) is 5.48 Å². The molecule has 0 aromatic heterocycles. The van der Waals surface area contributed by atoms with Crippen molar-refractivity contribution >= 4 is 5.91 Å². The van der Waals surface area contributed by atoms with E-state index < -0.39 is 0 Å². The summed E-state index contributed by atoms with van der Waals surface area (Å²) in [7, 11) is 0. The summed E-state index contributed by atoms with van der Waals surface area (Å²) in [4.78, 5) is 16.5. The molecule has 0 atom stereocenters. The summed E-state index contributed by atoms with van der Waals surface area (Å²) in [5, 5.41) is 0. The average Bonchev–Trinajstić information content (AvgIpc) is 1.93. The highest BCUT2D eigenvalue weighted by atomic mass is 16.7. The van der Waals surface area contributed by atoms with E-state index in [1.165, 1.54) is 0 Å². The van der Waals surface area contributed by atoms with Crippen LogP contribution in [-0.4, -0.2) is 17.6 Å². The van der Waals surface area contributed by atoms with Gasteiger partial charge >= 0.3 is 0 Å². The number of nitrogens with one attached hydrogen (secondary N) is 1. The summed E-state index contributed by atoms with van der Waals surface area (Å²) in [5.41, 5.74) is 7.69. The molecule has 0 radical (unpaired) electrons. The lowest BCUT2D eigenvalue weighted by Crippen LogP contribution is -2.46. The first-order valence-electron chi connectivity index (χ1n) is 4.62. The van der Waals surface area contributed by atoms with Crippen LogP contribution in [0.3, 0.4) is 0 Å². The van der Waals surface area contributed by atoms with Gasteiger partial charge in [0.15, 0.2) is 0 Å². The third-order valence-corrected chi connectivity index (χ3v) is 2.00. The fourth-order valence-electron chi connectivity index (χ4n) is 1.16. The van der Waals surface area contributed by atoms with Gasteiger partial charge in [-0.05, 0) is 33.6 Å². The van der Waals surface area contributed by atoms with E-state index in [4.69, 9.17) is 10.6 Å². The van der Waals surface area contributed by atoms with E-state index in [-0.39, 0.29) is 23.5 Å². The molecule has 0 spiro atoms. The van der Waals surface area contributed by atoms with Crippen molar-refractivity contribution < 1.29 is 9.63 Å².